The molecule has 0 aliphatic carbocycles. The molecule has 0 saturated heterocycles. The van der Waals surface area contributed by atoms with Crippen molar-refractivity contribution in [1.82, 2.24) is 0 Å². The first-order valence-electron chi connectivity index (χ1n) is 13.9. The van der Waals surface area contributed by atoms with E-state index in [0.717, 1.165) is 19.3 Å². The number of carbonyl (C=O) groups is 1. The van der Waals surface area contributed by atoms with E-state index in [2.05, 4.69) is 6.92 Å². The molecule has 0 aliphatic heterocycles. The van der Waals surface area contributed by atoms with Crippen molar-refractivity contribution in [3.05, 3.63) is 0 Å². The van der Waals surface area contributed by atoms with Crippen molar-refractivity contribution >= 4 is 5.97 Å². The number of rotatable bonds is 21. The number of hydrogen-bond donors (Lipinski definition) is 0. The first-order chi connectivity index (χ1) is 15.1. The summed E-state index contributed by atoms with van der Waals surface area (Å²) in [5.41, 5.74) is 0. The normalized spacial score (nSPS) is 12.8. The zero-order chi connectivity index (χ0) is 24.5. The summed E-state index contributed by atoms with van der Waals surface area (Å²) < 4.78 is 25.1. The molecule has 192 valence electrons. The minimum absolute atomic E-state index is 0.229. The summed E-state index contributed by atoms with van der Waals surface area (Å²) in [5.74, 6) is -0.352. The van der Waals surface area contributed by atoms with Gasteiger partial charge in [-0.05, 0) is 0 Å². The molecular formula is C27H56O4Ti. The predicted octanol–water partition coefficient (Wildman–Crippen LogP) is 9.74. The Morgan fingerprint density at radius 2 is 0.969 bits per heavy atom. The topological polar surface area (TPSA) is 52.6 Å². The molecule has 0 rings (SSSR count). The van der Waals surface area contributed by atoms with Gasteiger partial charge in [0.15, 0.2) is 0 Å². The van der Waals surface area contributed by atoms with Gasteiger partial charge in [0, 0.05) is 0 Å². The van der Waals surface area contributed by atoms with E-state index in [4.69, 9.17) is 6.64 Å². The van der Waals surface area contributed by atoms with Gasteiger partial charge in [0.05, 0.1) is 0 Å². The Morgan fingerprint density at radius 3 is 1.28 bits per heavy atom. The van der Waals surface area contributed by atoms with Gasteiger partial charge in [-0.1, -0.05) is 45.4 Å². The van der Waals surface area contributed by atoms with E-state index in [-0.39, 0.29) is 20.5 Å². The molecule has 0 bridgehead atoms. The van der Waals surface area contributed by atoms with Gasteiger partial charge >= 0.3 is 157 Å². The molecule has 0 unspecified atom stereocenters. The Kier molecular flexibility index (Phi) is 17.4. The van der Waals surface area contributed by atoms with Crippen LogP contribution in [0.5, 0.6) is 0 Å². The van der Waals surface area contributed by atoms with Gasteiger partial charge in [0.1, 0.15) is 0 Å². The Morgan fingerprint density at radius 1 is 0.625 bits per heavy atom. The SMILES string of the molecule is CCCCCCCCCCCCCCCCCC(=O)[O][Ti](=[O])([O]C(C)C)([CH](C)C)[CH](C)C. The fourth-order valence-corrected chi connectivity index (χ4v) is 10.6. The molecule has 4 nitrogen and oxygen atoms in total. The maximum atomic E-state index is 14.0. The summed E-state index contributed by atoms with van der Waals surface area (Å²) in [4.78, 5) is 12.5. The Hall–Kier alpha value is -0.0557. The summed E-state index contributed by atoms with van der Waals surface area (Å²) in [7, 11) is 0. The second kappa shape index (κ2) is 17.4. The molecule has 0 heterocycles. The van der Waals surface area contributed by atoms with Crippen molar-refractivity contribution in [2.75, 3.05) is 0 Å². The molecule has 0 aromatic carbocycles. The maximum absolute atomic E-state index is 14.0. The van der Waals surface area contributed by atoms with Gasteiger partial charge in [-0.25, -0.2) is 0 Å². The van der Waals surface area contributed by atoms with Crippen molar-refractivity contribution in [2.24, 2.45) is 0 Å². The second-order valence-electron chi connectivity index (χ2n) is 10.8. The van der Waals surface area contributed by atoms with Gasteiger partial charge in [-0.2, -0.15) is 0 Å². The van der Waals surface area contributed by atoms with E-state index in [9.17, 15) is 8.12 Å². The quantitative estimate of drug-likeness (QED) is 0.118. The van der Waals surface area contributed by atoms with Crippen LogP contribution in [0, 0.1) is 0 Å². The van der Waals surface area contributed by atoms with Crippen LogP contribution in [-0.2, 0) is 30.8 Å². The number of carbonyl (C=O) groups excluding carboxylic acids is 1. The molecule has 0 N–H and O–H groups in total. The summed E-state index contributed by atoms with van der Waals surface area (Å²) >= 11 is -5.09. The standard InChI is InChI=1S/C18H36O2.C3H7O.2C3H7.O.Ti/c1-2-3-4-5-6-7-8-9-10-11-12-13-14-15-16-17-18(19)20;1-3(2)4;2*1-3-2;;/h2-17H2,1H3,(H,19,20);3H,1-2H3;2*3H,1-2H3;;/q;-1;;;;+2/p-1. The number of hydrogen-bond acceptors (Lipinski definition) is 4. The molecular weight excluding hydrogens is 436 g/mol. The molecule has 0 amide bonds. The Bertz CT molecular complexity index is 528. The average Bonchev–Trinajstić information content (AvgIpc) is 2.70. The van der Waals surface area contributed by atoms with Crippen molar-refractivity contribution in [1.29, 1.82) is 0 Å². The van der Waals surface area contributed by atoms with E-state index in [1.165, 1.54) is 77.0 Å². The van der Waals surface area contributed by atoms with Crippen LogP contribution in [0.1, 0.15) is 151 Å². The third-order valence-electron chi connectivity index (χ3n) is 6.85. The van der Waals surface area contributed by atoms with Crippen LogP contribution in [0.3, 0.4) is 0 Å². The predicted molar refractivity (Wildman–Crippen MR) is 133 cm³/mol. The van der Waals surface area contributed by atoms with Crippen molar-refractivity contribution in [3.63, 3.8) is 0 Å². The third kappa shape index (κ3) is 12.4. The summed E-state index contributed by atoms with van der Waals surface area (Å²) in [6.07, 6.45) is 19.5. The molecule has 32 heavy (non-hydrogen) atoms. The van der Waals surface area contributed by atoms with Crippen molar-refractivity contribution in [2.45, 2.75) is 166 Å². The molecule has 0 atom stereocenters. The van der Waals surface area contributed by atoms with E-state index in [1.807, 2.05) is 41.5 Å². The van der Waals surface area contributed by atoms with Crippen molar-refractivity contribution < 1.29 is 30.8 Å². The zero-order valence-electron chi connectivity index (χ0n) is 22.7. The zero-order valence-corrected chi connectivity index (χ0v) is 24.2. The van der Waals surface area contributed by atoms with Crippen LogP contribution in [0.25, 0.3) is 0 Å². The molecule has 0 radical (unpaired) electrons. The molecule has 0 fully saturated rings. The van der Waals surface area contributed by atoms with Crippen LogP contribution in [-0.4, -0.2) is 12.1 Å². The van der Waals surface area contributed by atoms with Gasteiger partial charge in [0.25, 0.3) is 0 Å². The van der Waals surface area contributed by atoms with Crippen LogP contribution < -0.4 is 0 Å². The van der Waals surface area contributed by atoms with Crippen molar-refractivity contribution in [3.8, 4) is 0 Å². The minimum atomic E-state index is -5.09. The third-order valence-corrected chi connectivity index (χ3v) is 15.8. The molecule has 0 aliphatic rings. The molecule has 0 spiro atoms. The van der Waals surface area contributed by atoms with Gasteiger partial charge in [-0.15, -0.1) is 0 Å². The summed E-state index contributed by atoms with van der Waals surface area (Å²) in [6.45, 7) is 13.4. The van der Waals surface area contributed by atoms with Gasteiger partial charge < -0.3 is 0 Å². The Labute approximate surface area is 202 Å². The summed E-state index contributed by atoms with van der Waals surface area (Å²) in [6, 6.07) is 0. The molecule has 0 aromatic heterocycles. The molecule has 0 aromatic rings. The summed E-state index contributed by atoms with van der Waals surface area (Å²) in [5, 5.41) is 0. The van der Waals surface area contributed by atoms with E-state index >= 15 is 0 Å². The van der Waals surface area contributed by atoms with Crippen LogP contribution >= 0.6 is 0 Å². The second-order valence-corrected chi connectivity index (χ2v) is 18.6. The van der Waals surface area contributed by atoms with Crippen LogP contribution in [0.2, 0.25) is 8.45 Å². The molecule has 5 heteroatoms. The van der Waals surface area contributed by atoms with E-state index in [1.54, 1.807) is 0 Å². The monoisotopic (exact) mass is 492 g/mol. The first kappa shape index (κ1) is 31.9. The van der Waals surface area contributed by atoms with E-state index in [0.29, 0.717) is 6.42 Å². The average molecular weight is 493 g/mol. The van der Waals surface area contributed by atoms with Crippen LogP contribution in [0.15, 0.2) is 0 Å². The first-order valence-corrected chi connectivity index (χ1v) is 17.6. The number of unbranched alkanes of at least 4 members (excludes halogenated alkanes) is 14. The fourth-order valence-electron chi connectivity index (χ4n) is 4.58. The molecule has 0 saturated carbocycles. The van der Waals surface area contributed by atoms with Crippen LogP contribution in [0.4, 0.5) is 0 Å². The van der Waals surface area contributed by atoms with E-state index < -0.39 is 16.1 Å². The Balaban J connectivity index is 3.94. The van der Waals surface area contributed by atoms with Gasteiger partial charge in [-0.3, -0.25) is 0 Å². The fraction of sp³-hybridized carbons (Fsp3) is 0.963. The van der Waals surface area contributed by atoms with Gasteiger partial charge in [0.2, 0.25) is 0 Å².